The zero-order valence-corrected chi connectivity index (χ0v) is 15.4. The molecule has 0 spiro atoms. The maximum absolute atomic E-state index is 6.29. The number of rotatable bonds is 4. The van der Waals surface area contributed by atoms with Crippen LogP contribution in [0.15, 0.2) is 47.1 Å². The highest BCUT2D eigenvalue weighted by atomic mass is 35.5. The van der Waals surface area contributed by atoms with Crippen LogP contribution >= 0.6 is 11.6 Å². The van der Waals surface area contributed by atoms with Crippen molar-refractivity contribution in [3.05, 3.63) is 47.6 Å². The van der Waals surface area contributed by atoms with E-state index in [4.69, 9.17) is 20.9 Å². The molecule has 0 fully saturated rings. The topological polar surface area (TPSA) is 67.8 Å². The fraction of sp³-hybridized carbons (Fsp3) is 0.211. The number of nitrogens with zero attached hydrogens (tertiary/aromatic N) is 3. The van der Waals surface area contributed by atoms with Crippen LogP contribution in [0.1, 0.15) is 13.8 Å². The molecule has 0 aliphatic carbocycles. The zero-order chi connectivity index (χ0) is 18.3. The van der Waals surface area contributed by atoms with Crippen LogP contribution in [-0.2, 0) is 7.05 Å². The van der Waals surface area contributed by atoms with Crippen LogP contribution in [-0.4, -0.2) is 21.3 Å². The number of hydrogen-bond acceptors (Lipinski definition) is 4. The highest BCUT2D eigenvalue weighted by Crippen LogP contribution is 2.31. The van der Waals surface area contributed by atoms with Gasteiger partial charge in [-0.1, -0.05) is 16.8 Å². The van der Waals surface area contributed by atoms with E-state index in [9.17, 15) is 0 Å². The smallest absolute Gasteiger partial charge is 0.258 e. The SMILES string of the molecule is CC(C)Oc1ccc(-c2nc(-c3ccc4[nH][n+](C)cc4c3)no2)cc1Cl. The largest absolute Gasteiger partial charge is 0.489 e. The maximum atomic E-state index is 6.29. The highest BCUT2D eigenvalue weighted by molar-refractivity contribution is 6.32. The van der Waals surface area contributed by atoms with Gasteiger partial charge < -0.3 is 9.26 Å². The molecule has 26 heavy (non-hydrogen) atoms. The molecule has 2 heterocycles. The van der Waals surface area contributed by atoms with Gasteiger partial charge in [-0.25, -0.2) is 0 Å². The minimum atomic E-state index is 0.0542. The first kappa shape index (κ1) is 16.6. The second-order valence-electron chi connectivity index (χ2n) is 6.39. The van der Waals surface area contributed by atoms with Crippen molar-refractivity contribution in [3.8, 4) is 28.6 Å². The number of benzene rings is 2. The summed E-state index contributed by atoms with van der Waals surface area (Å²) in [5, 5.41) is 8.91. The fourth-order valence-electron chi connectivity index (χ4n) is 2.78. The Hall–Kier alpha value is -2.86. The van der Waals surface area contributed by atoms with Gasteiger partial charge in [0.1, 0.15) is 11.3 Å². The van der Waals surface area contributed by atoms with E-state index in [1.807, 2.05) is 62.1 Å². The van der Waals surface area contributed by atoms with Crippen LogP contribution in [0.4, 0.5) is 0 Å². The number of nitrogens with one attached hydrogen (secondary N) is 1. The van der Waals surface area contributed by atoms with E-state index in [0.29, 0.717) is 22.5 Å². The van der Waals surface area contributed by atoms with E-state index in [1.165, 1.54) is 0 Å². The van der Waals surface area contributed by atoms with Crippen molar-refractivity contribution in [3.63, 3.8) is 0 Å². The Bertz CT molecular complexity index is 1080. The number of ether oxygens (including phenoxy) is 1. The minimum absolute atomic E-state index is 0.0542. The Balaban J connectivity index is 1.65. The molecule has 0 saturated carbocycles. The molecule has 0 radical (unpaired) electrons. The first-order valence-corrected chi connectivity index (χ1v) is 8.66. The van der Waals surface area contributed by atoms with Gasteiger partial charge in [0.15, 0.2) is 7.05 Å². The molecule has 132 valence electrons. The highest BCUT2D eigenvalue weighted by Gasteiger charge is 2.14. The van der Waals surface area contributed by atoms with Crippen LogP contribution in [0.25, 0.3) is 33.7 Å². The molecule has 0 amide bonds. The first-order chi connectivity index (χ1) is 12.5. The molecular formula is C19H18ClN4O2+. The summed E-state index contributed by atoms with van der Waals surface area (Å²) in [6, 6.07) is 11.4. The van der Waals surface area contributed by atoms with E-state index in [0.717, 1.165) is 22.0 Å². The minimum Gasteiger partial charge on any atom is -0.489 e. The van der Waals surface area contributed by atoms with Crippen molar-refractivity contribution >= 4 is 22.5 Å². The van der Waals surface area contributed by atoms with Crippen LogP contribution < -0.4 is 9.42 Å². The second kappa shape index (κ2) is 6.46. The third-order valence-electron chi connectivity index (χ3n) is 3.91. The lowest BCUT2D eigenvalue weighted by Crippen LogP contribution is -2.27. The van der Waals surface area contributed by atoms with Gasteiger partial charge in [0.05, 0.1) is 16.5 Å². The molecule has 0 saturated heterocycles. The Labute approximate surface area is 155 Å². The predicted octanol–water partition coefficient (Wildman–Crippen LogP) is 4.15. The molecule has 1 N–H and O–H groups in total. The zero-order valence-electron chi connectivity index (χ0n) is 14.7. The molecule has 0 unspecified atom stereocenters. The molecule has 4 aromatic rings. The van der Waals surface area contributed by atoms with Gasteiger partial charge in [0, 0.05) is 11.1 Å². The number of aryl methyl sites for hydroxylation is 1. The number of fused-ring (bicyclic) bond motifs is 1. The van der Waals surface area contributed by atoms with Gasteiger partial charge in [-0.15, -0.1) is 4.68 Å². The summed E-state index contributed by atoms with van der Waals surface area (Å²) in [6.45, 7) is 3.91. The summed E-state index contributed by atoms with van der Waals surface area (Å²) < 4.78 is 13.0. The second-order valence-corrected chi connectivity index (χ2v) is 6.80. The summed E-state index contributed by atoms with van der Waals surface area (Å²) in [4.78, 5) is 4.50. The Morgan fingerprint density at radius 1 is 1.15 bits per heavy atom. The standard InChI is InChI=1S/C19H17ClN4O2/c1-11(2)25-17-7-5-13(9-15(17)20)19-21-18(23-26-19)12-4-6-16-14(8-12)10-24(3)22-16/h4-11H,1-3H3/p+1. The maximum Gasteiger partial charge on any atom is 0.258 e. The van der Waals surface area contributed by atoms with Gasteiger partial charge in [-0.3, -0.25) is 0 Å². The van der Waals surface area contributed by atoms with Crippen molar-refractivity contribution in [1.29, 1.82) is 0 Å². The molecule has 0 bridgehead atoms. The fourth-order valence-corrected chi connectivity index (χ4v) is 3.01. The first-order valence-electron chi connectivity index (χ1n) is 8.28. The van der Waals surface area contributed by atoms with Crippen LogP contribution in [0.3, 0.4) is 0 Å². The average Bonchev–Trinajstić information content (AvgIpc) is 3.21. The Morgan fingerprint density at radius 2 is 1.96 bits per heavy atom. The summed E-state index contributed by atoms with van der Waals surface area (Å²) in [6.07, 6.45) is 2.06. The van der Waals surface area contributed by atoms with E-state index in [1.54, 1.807) is 6.07 Å². The molecule has 4 rings (SSSR count). The number of hydrogen-bond donors (Lipinski definition) is 1. The van der Waals surface area contributed by atoms with E-state index in [-0.39, 0.29) is 6.10 Å². The number of H-pyrrole nitrogens is 1. The molecule has 0 atom stereocenters. The summed E-state index contributed by atoms with van der Waals surface area (Å²) in [7, 11) is 1.95. The lowest BCUT2D eigenvalue weighted by Gasteiger charge is -2.11. The van der Waals surface area contributed by atoms with Crippen LogP contribution in [0.5, 0.6) is 5.75 Å². The molecule has 0 aliphatic heterocycles. The third-order valence-corrected chi connectivity index (χ3v) is 4.20. The van der Waals surface area contributed by atoms with Gasteiger partial charge in [0.2, 0.25) is 12.0 Å². The summed E-state index contributed by atoms with van der Waals surface area (Å²) in [5.41, 5.74) is 2.68. The van der Waals surface area contributed by atoms with Crippen LogP contribution in [0, 0.1) is 0 Å². The lowest BCUT2D eigenvalue weighted by atomic mass is 10.1. The number of aromatic nitrogens is 4. The van der Waals surface area contributed by atoms with Gasteiger partial charge in [0.25, 0.3) is 5.89 Å². The predicted molar refractivity (Wildman–Crippen MR) is 99.0 cm³/mol. The van der Waals surface area contributed by atoms with Crippen LogP contribution in [0.2, 0.25) is 5.02 Å². The normalized spacial score (nSPS) is 11.4. The van der Waals surface area contributed by atoms with Crippen molar-refractivity contribution in [2.24, 2.45) is 7.05 Å². The summed E-state index contributed by atoms with van der Waals surface area (Å²) >= 11 is 6.29. The quantitative estimate of drug-likeness (QED) is 0.549. The van der Waals surface area contributed by atoms with Gasteiger partial charge in [-0.05, 0) is 50.2 Å². The van der Waals surface area contributed by atoms with E-state index >= 15 is 0 Å². The molecule has 2 aromatic heterocycles. The average molecular weight is 370 g/mol. The van der Waals surface area contributed by atoms with Crippen molar-refractivity contribution in [2.75, 3.05) is 0 Å². The summed E-state index contributed by atoms with van der Waals surface area (Å²) in [5.74, 6) is 1.58. The molecule has 0 aliphatic rings. The molecule has 6 nitrogen and oxygen atoms in total. The van der Waals surface area contributed by atoms with E-state index < -0.39 is 0 Å². The molecule has 7 heteroatoms. The Kier molecular flexibility index (Phi) is 4.12. The van der Waals surface area contributed by atoms with Gasteiger partial charge in [-0.2, -0.15) is 10.1 Å². The van der Waals surface area contributed by atoms with Crippen molar-refractivity contribution in [1.82, 2.24) is 15.2 Å². The molecular weight excluding hydrogens is 352 g/mol. The number of aromatic amines is 1. The third kappa shape index (κ3) is 3.15. The Morgan fingerprint density at radius 3 is 2.73 bits per heavy atom. The van der Waals surface area contributed by atoms with Gasteiger partial charge >= 0.3 is 0 Å². The molecule has 2 aromatic carbocycles. The van der Waals surface area contributed by atoms with E-state index in [2.05, 4.69) is 15.2 Å². The lowest BCUT2D eigenvalue weighted by molar-refractivity contribution is -0.724. The number of halogens is 1. The monoisotopic (exact) mass is 369 g/mol. The van der Waals surface area contributed by atoms with Crippen molar-refractivity contribution < 1.29 is 13.9 Å². The van der Waals surface area contributed by atoms with Crippen molar-refractivity contribution in [2.45, 2.75) is 20.0 Å².